The Morgan fingerprint density at radius 3 is 2.33 bits per heavy atom. The standard InChI is InChI=1S/C4H7IO/c1-2-3-4(5)6-3/h3-4H,2H2,1H3. The Kier molecular flexibility index (Phi) is 1.34. The van der Waals surface area contributed by atoms with E-state index in [2.05, 4.69) is 29.5 Å². The molecule has 0 aromatic rings. The molecule has 36 valence electrons. The van der Waals surface area contributed by atoms with Gasteiger partial charge in [-0.3, -0.25) is 0 Å². The topological polar surface area (TPSA) is 12.5 Å². The molecule has 2 atom stereocenters. The predicted molar refractivity (Wildman–Crippen MR) is 33.0 cm³/mol. The normalized spacial score (nSPS) is 43.0. The van der Waals surface area contributed by atoms with Gasteiger partial charge >= 0.3 is 0 Å². The summed E-state index contributed by atoms with van der Waals surface area (Å²) >= 11 is 2.29. The van der Waals surface area contributed by atoms with Gasteiger partial charge in [-0.15, -0.1) is 0 Å². The summed E-state index contributed by atoms with van der Waals surface area (Å²) in [7, 11) is 0. The van der Waals surface area contributed by atoms with Gasteiger partial charge in [0.05, 0.1) is 6.10 Å². The quantitative estimate of drug-likeness (QED) is 0.353. The Balaban J connectivity index is 2.09. The minimum Gasteiger partial charge on any atom is -0.358 e. The highest BCUT2D eigenvalue weighted by Crippen LogP contribution is 2.30. The number of hydrogen-bond acceptors (Lipinski definition) is 1. The third-order valence-electron chi connectivity index (χ3n) is 0.923. The van der Waals surface area contributed by atoms with Crippen LogP contribution in [0.4, 0.5) is 0 Å². The molecule has 0 amide bonds. The molecule has 2 heteroatoms. The first-order valence-corrected chi connectivity index (χ1v) is 3.38. The van der Waals surface area contributed by atoms with Crippen LogP contribution in [0, 0.1) is 0 Å². The summed E-state index contributed by atoms with van der Waals surface area (Å²) in [5, 5.41) is 0. The summed E-state index contributed by atoms with van der Waals surface area (Å²) in [4.78, 5) is 0. The van der Waals surface area contributed by atoms with Crippen molar-refractivity contribution in [2.24, 2.45) is 0 Å². The van der Waals surface area contributed by atoms with E-state index in [1.807, 2.05) is 0 Å². The molecule has 0 aromatic heterocycles. The van der Waals surface area contributed by atoms with Crippen molar-refractivity contribution < 1.29 is 4.74 Å². The van der Waals surface area contributed by atoms with Crippen LogP contribution in [0.1, 0.15) is 13.3 Å². The van der Waals surface area contributed by atoms with Crippen molar-refractivity contribution in [2.75, 3.05) is 0 Å². The molecule has 0 spiro atoms. The summed E-state index contributed by atoms with van der Waals surface area (Å²) in [5.41, 5.74) is 0. The van der Waals surface area contributed by atoms with Gasteiger partial charge in [0, 0.05) is 0 Å². The van der Waals surface area contributed by atoms with E-state index >= 15 is 0 Å². The van der Waals surface area contributed by atoms with Crippen molar-refractivity contribution in [1.29, 1.82) is 0 Å². The van der Waals surface area contributed by atoms with Crippen molar-refractivity contribution >= 4 is 22.6 Å². The highest BCUT2D eigenvalue weighted by molar-refractivity contribution is 14.1. The van der Waals surface area contributed by atoms with E-state index in [0.29, 0.717) is 10.2 Å². The lowest BCUT2D eigenvalue weighted by molar-refractivity contribution is 0.399. The number of epoxide rings is 1. The summed E-state index contributed by atoms with van der Waals surface area (Å²) in [6, 6.07) is 0. The van der Waals surface area contributed by atoms with Gasteiger partial charge in [-0.1, -0.05) is 6.92 Å². The average molecular weight is 198 g/mol. The van der Waals surface area contributed by atoms with Crippen molar-refractivity contribution in [3.63, 3.8) is 0 Å². The second kappa shape index (κ2) is 1.66. The predicted octanol–water partition coefficient (Wildman–Crippen LogP) is 1.56. The first-order valence-electron chi connectivity index (χ1n) is 2.14. The van der Waals surface area contributed by atoms with Crippen molar-refractivity contribution in [2.45, 2.75) is 23.6 Å². The largest absolute Gasteiger partial charge is 0.358 e. The minimum atomic E-state index is 0.535. The molecule has 6 heavy (non-hydrogen) atoms. The van der Waals surface area contributed by atoms with Gasteiger partial charge in [-0.25, -0.2) is 0 Å². The van der Waals surface area contributed by atoms with Crippen molar-refractivity contribution in [3.8, 4) is 0 Å². The summed E-state index contributed by atoms with van der Waals surface area (Å²) in [6.07, 6.45) is 1.76. The Hall–Kier alpha value is 0.690. The number of ether oxygens (including phenoxy) is 1. The number of alkyl halides is 1. The summed E-state index contributed by atoms with van der Waals surface area (Å²) in [6.45, 7) is 2.14. The molecular weight excluding hydrogens is 191 g/mol. The van der Waals surface area contributed by atoms with E-state index < -0.39 is 0 Å². The van der Waals surface area contributed by atoms with Gasteiger partial charge in [-0.2, -0.15) is 0 Å². The molecule has 1 saturated heterocycles. The van der Waals surface area contributed by atoms with Crippen molar-refractivity contribution in [3.05, 3.63) is 0 Å². The molecule has 0 bridgehead atoms. The summed E-state index contributed by atoms with van der Waals surface area (Å²) in [5.74, 6) is 0. The molecule has 0 N–H and O–H groups in total. The smallest absolute Gasteiger partial charge is 0.135 e. The van der Waals surface area contributed by atoms with Crippen LogP contribution in [0.25, 0.3) is 0 Å². The van der Waals surface area contributed by atoms with Crippen LogP contribution >= 0.6 is 22.6 Å². The molecule has 0 saturated carbocycles. The van der Waals surface area contributed by atoms with Crippen LogP contribution in [-0.2, 0) is 4.74 Å². The van der Waals surface area contributed by atoms with Gasteiger partial charge in [0.2, 0.25) is 0 Å². The van der Waals surface area contributed by atoms with E-state index in [1.165, 1.54) is 6.42 Å². The summed E-state index contributed by atoms with van der Waals surface area (Å²) < 4.78 is 5.59. The Labute approximate surface area is 51.2 Å². The van der Waals surface area contributed by atoms with Crippen LogP contribution < -0.4 is 0 Å². The van der Waals surface area contributed by atoms with E-state index in [0.717, 1.165) is 0 Å². The fourth-order valence-electron chi connectivity index (χ4n) is 0.403. The Morgan fingerprint density at radius 1 is 1.83 bits per heavy atom. The maximum Gasteiger partial charge on any atom is 0.135 e. The third kappa shape index (κ3) is 0.846. The second-order valence-electron chi connectivity index (χ2n) is 1.43. The zero-order valence-corrected chi connectivity index (χ0v) is 5.81. The fraction of sp³-hybridized carbons (Fsp3) is 1.00. The van der Waals surface area contributed by atoms with Crippen LogP contribution in [0.2, 0.25) is 0 Å². The highest BCUT2D eigenvalue weighted by Gasteiger charge is 2.33. The molecule has 2 unspecified atom stereocenters. The highest BCUT2D eigenvalue weighted by atomic mass is 127. The van der Waals surface area contributed by atoms with Crippen molar-refractivity contribution in [1.82, 2.24) is 0 Å². The monoisotopic (exact) mass is 198 g/mol. The average Bonchev–Trinajstić information content (AvgIpc) is 2.19. The molecule has 1 fully saturated rings. The maximum absolute atomic E-state index is 5.05. The lowest BCUT2D eigenvalue weighted by Crippen LogP contribution is -1.78. The zero-order valence-electron chi connectivity index (χ0n) is 3.65. The number of rotatable bonds is 1. The van der Waals surface area contributed by atoms with E-state index in [4.69, 9.17) is 4.74 Å². The fourth-order valence-corrected chi connectivity index (χ4v) is 1.29. The first kappa shape index (κ1) is 4.84. The molecule has 1 aliphatic heterocycles. The lowest BCUT2D eigenvalue weighted by atomic mass is 10.4. The van der Waals surface area contributed by atoms with Crippen LogP contribution in [0.3, 0.4) is 0 Å². The molecule has 1 rings (SSSR count). The Morgan fingerprint density at radius 2 is 2.33 bits per heavy atom. The van der Waals surface area contributed by atoms with Gasteiger partial charge < -0.3 is 4.74 Å². The van der Waals surface area contributed by atoms with Crippen LogP contribution in [-0.4, -0.2) is 10.2 Å². The first-order chi connectivity index (χ1) is 2.84. The molecule has 1 aliphatic rings. The molecule has 0 aromatic carbocycles. The lowest BCUT2D eigenvalue weighted by Gasteiger charge is -1.71. The SMILES string of the molecule is CCC1OC1I. The maximum atomic E-state index is 5.05. The van der Waals surface area contributed by atoms with Gasteiger partial charge in [0.15, 0.2) is 0 Å². The van der Waals surface area contributed by atoms with Gasteiger partial charge in [0.1, 0.15) is 4.11 Å². The van der Waals surface area contributed by atoms with Crippen LogP contribution in [0.5, 0.6) is 0 Å². The molecular formula is C4H7IO. The van der Waals surface area contributed by atoms with Gasteiger partial charge in [0.25, 0.3) is 0 Å². The van der Waals surface area contributed by atoms with Crippen LogP contribution in [0.15, 0.2) is 0 Å². The van der Waals surface area contributed by atoms with E-state index in [9.17, 15) is 0 Å². The zero-order chi connectivity index (χ0) is 4.57. The molecule has 0 aliphatic carbocycles. The third-order valence-corrected chi connectivity index (χ3v) is 2.02. The van der Waals surface area contributed by atoms with Gasteiger partial charge in [-0.05, 0) is 29.0 Å². The molecule has 1 heterocycles. The number of hydrogen-bond donors (Lipinski definition) is 0. The molecule has 1 nitrogen and oxygen atoms in total. The second-order valence-corrected chi connectivity index (χ2v) is 2.66. The molecule has 0 radical (unpaired) electrons. The minimum absolute atomic E-state index is 0.535. The number of halogens is 1. The van der Waals surface area contributed by atoms with E-state index in [1.54, 1.807) is 0 Å². The van der Waals surface area contributed by atoms with E-state index in [-0.39, 0.29) is 0 Å². The Bertz CT molecular complexity index is 53.5.